The molecule has 0 aromatic rings. The predicted octanol–water partition coefficient (Wildman–Crippen LogP) is 5.93. The van der Waals surface area contributed by atoms with E-state index in [0.29, 0.717) is 44.9 Å². The molecule has 264 valence electrons. The third-order valence-electron chi connectivity index (χ3n) is 12.5. The molecule has 8 heterocycles. The lowest BCUT2D eigenvalue weighted by molar-refractivity contribution is -0.557. The Labute approximate surface area is 271 Å². The summed E-state index contributed by atoms with van der Waals surface area (Å²) in [5.74, 6) is -7.54. The first-order valence-corrected chi connectivity index (χ1v) is 18.6. The molecule has 10 nitrogen and oxygen atoms in total. The molecule has 8 aliphatic heterocycles. The molecule has 4 bridgehead atoms. The maximum Gasteiger partial charge on any atom is 0.449 e. The zero-order valence-corrected chi connectivity index (χ0v) is 27.7. The van der Waals surface area contributed by atoms with Crippen LogP contribution in [0.2, 0.25) is 0 Å². The first-order valence-electron chi connectivity index (χ1n) is 16.8. The van der Waals surface area contributed by atoms with Gasteiger partial charge in [-0.1, -0.05) is 13.8 Å². The van der Waals surface area contributed by atoms with Crippen LogP contribution in [0.15, 0.2) is 22.7 Å². The minimum atomic E-state index is -5.00. The molecule has 10 aliphatic rings. The molecule has 2 unspecified atom stereocenters. The van der Waals surface area contributed by atoms with Crippen LogP contribution in [0.3, 0.4) is 0 Å². The van der Waals surface area contributed by atoms with Gasteiger partial charge in [-0.25, -0.2) is 32.4 Å². The molecule has 2 spiro atoms. The van der Waals surface area contributed by atoms with Gasteiger partial charge >= 0.3 is 6.18 Å². The zero-order chi connectivity index (χ0) is 33.4. The Kier molecular flexibility index (Phi) is 7.32. The van der Waals surface area contributed by atoms with Crippen molar-refractivity contribution in [2.45, 2.75) is 121 Å². The van der Waals surface area contributed by atoms with Gasteiger partial charge in [0.05, 0.1) is 11.5 Å². The normalized spacial score (nSPS) is 49.0. The molecule has 12 atom stereocenters. The van der Waals surface area contributed by atoms with Crippen LogP contribution >= 0.6 is 0 Å². The van der Waals surface area contributed by atoms with Crippen molar-refractivity contribution < 1.29 is 64.5 Å². The van der Waals surface area contributed by atoms with E-state index in [-0.39, 0.29) is 41.4 Å². The standard InChI is InChI=1S/C32H42F4O10S/c1-16-5-7-22-18(24(13-33)39-26-30(22)20(16)9-11-28(3,41-26)43-45-30)14-47(37,38)15-19-23-8-6-17(2)21-10-12-29(4)42-27(31(21,23)46-44-29)40-25(19)32(34,35)36/h16-17,20-23,26-27H,5-15H2,1-4H3/t16-,17-,20?,21?,22+,23+,26-,27-,28+,29+,30-,31-/m1/s1. The van der Waals surface area contributed by atoms with Crippen LogP contribution in [-0.4, -0.2) is 68.1 Å². The summed E-state index contributed by atoms with van der Waals surface area (Å²) >= 11 is 0. The fourth-order valence-electron chi connectivity index (χ4n) is 10.3. The van der Waals surface area contributed by atoms with Crippen LogP contribution < -0.4 is 0 Å². The average molecular weight is 695 g/mol. The molecule has 15 heteroatoms. The second-order valence-electron chi connectivity index (χ2n) is 15.4. The number of halogens is 4. The third-order valence-corrected chi connectivity index (χ3v) is 14.0. The molecule has 47 heavy (non-hydrogen) atoms. The van der Waals surface area contributed by atoms with E-state index < -0.39 is 92.7 Å². The van der Waals surface area contributed by atoms with E-state index in [0.717, 1.165) is 0 Å². The van der Waals surface area contributed by atoms with Crippen molar-refractivity contribution in [3.05, 3.63) is 22.7 Å². The molecule has 2 aliphatic carbocycles. The molecule has 10 rings (SSSR count). The van der Waals surface area contributed by atoms with E-state index in [2.05, 4.69) is 6.92 Å². The number of sulfone groups is 1. The number of allylic oxidation sites excluding steroid dienone is 2. The Bertz CT molecular complexity index is 1500. The van der Waals surface area contributed by atoms with E-state index in [1.54, 1.807) is 13.8 Å². The monoisotopic (exact) mass is 694 g/mol. The van der Waals surface area contributed by atoms with Crippen molar-refractivity contribution in [3.63, 3.8) is 0 Å². The summed E-state index contributed by atoms with van der Waals surface area (Å²) in [5, 5.41) is 0. The second-order valence-corrected chi connectivity index (χ2v) is 17.5. The number of hydrogen-bond donors (Lipinski definition) is 0. The van der Waals surface area contributed by atoms with Gasteiger partial charge in [0, 0.05) is 36.5 Å². The van der Waals surface area contributed by atoms with Crippen molar-refractivity contribution in [3.8, 4) is 0 Å². The number of fused-ring (bicyclic) bond motifs is 4. The topological polar surface area (TPSA) is 108 Å². The average Bonchev–Trinajstić information content (AvgIpc) is 3.37. The summed E-state index contributed by atoms with van der Waals surface area (Å²) in [6.07, 6.45) is -3.42. The van der Waals surface area contributed by atoms with E-state index in [9.17, 15) is 26.0 Å². The van der Waals surface area contributed by atoms with Crippen LogP contribution in [0.1, 0.15) is 79.1 Å². The van der Waals surface area contributed by atoms with Crippen LogP contribution in [-0.2, 0) is 48.3 Å². The molecular weight excluding hydrogens is 652 g/mol. The smallest absolute Gasteiger partial charge is 0.449 e. The lowest BCUT2D eigenvalue weighted by atomic mass is 9.59. The minimum absolute atomic E-state index is 0.0437. The predicted molar refractivity (Wildman–Crippen MR) is 152 cm³/mol. The molecule has 6 saturated heterocycles. The molecule has 0 N–H and O–H groups in total. The molecule has 0 aromatic carbocycles. The van der Waals surface area contributed by atoms with Crippen molar-refractivity contribution >= 4 is 9.84 Å². The summed E-state index contributed by atoms with van der Waals surface area (Å²) in [7, 11) is -4.40. The van der Waals surface area contributed by atoms with Gasteiger partial charge in [0.2, 0.25) is 29.9 Å². The maximum atomic E-state index is 14.8. The van der Waals surface area contributed by atoms with E-state index >= 15 is 0 Å². The Morgan fingerprint density at radius 1 is 0.723 bits per heavy atom. The number of alkyl halides is 4. The van der Waals surface area contributed by atoms with E-state index in [1.165, 1.54) is 0 Å². The summed E-state index contributed by atoms with van der Waals surface area (Å²) in [6.45, 7) is 6.30. The van der Waals surface area contributed by atoms with Crippen molar-refractivity contribution in [1.29, 1.82) is 0 Å². The van der Waals surface area contributed by atoms with Crippen molar-refractivity contribution in [1.82, 2.24) is 0 Å². The first kappa shape index (κ1) is 32.7. The van der Waals surface area contributed by atoms with Gasteiger partial charge in [0.25, 0.3) is 0 Å². The highest BCUT2D eigenvalue weighted by Crippen LogP contribution is 2.63. The molecule has 0 amide bonds. The molecule has 2 saturated carbocycles. The van der Waals surface area contributed by atoms with E-state index in [4.69, 9.17) is 38.5 Å². The van der Waals surface area contributed by atoms with Crippen LogP contribution in [0.4, 0.5) is 17.6 Å². The van der Waals surface area contributed by atoms with Crippen LogP contribution in [0, 0.1) is 35.5 Å². The number of hydrogen-bond acceptors (Lipinski definition) is 10. The Morgan fingerprint density at radius 3 is 1.72 bits per heavy atom. The minimum Gasteiger partial charge on any atom is -0.463 e. The summed E-state index contributed by atoms with van der Waals surface area (Å²) < 4.78 is 111. The second kappa shape index (κ2) is 10.5. The third kappa shape index (κ3) is 4.72. The Morgan fingerprint density at radius 2 is 1.21 bits per heavy atom. The summed E-state index contributed by atoms with van der Waals surface area (Å²) in [6, 6.07) is 0. The lowest BCUT2D eigenvalue weighted by Gasteiger charge is -2.57. The first-order chi connectivity index (χ1) is 22.0. The Hall–Kier alpha value is -1.49. The summed E-state index contributed by atoms with van der Waals surface area (Å²) in [5.41, 5.74) is -2.94. The van der Waals surface area contributed by atoms with Gasteiger partial charge in [-0.2, -0.15) is 13.2 Å². The molecule has 0 aromatic heterocycles. The van der Waals surface area contributed by atoms with Crippen LogP contribution in [0.5, 0.6) is 0 Å². The number of ether oxygens (including phenoxy) is 4. The quantitative estimate of drug-likeness (QED) is 0.254. The highest BCUT2D eigenvalue weighted by molar-refractivity contribution is 7.91. The summed E-state index contributed by atoms with van der Waals surface area (Å²) in [4.78, 5) is 23.6. The van der Waals surface area contributed by atoms with Gasteiger partial charge in [-0.05, 0) is 75.4 Å². The van der Waals surface area contributed by atoms with Crippen molar-refractivity contribution in [2.24, 2.45) is 35.5 Å². The highest BCUT2D eigenvalue weighted by Gasteiger charge is 2.71. The molecule has 0 radical (unpaired) electrons. The lowest BCUT2D eigenvalue weighted by Crippen LogP contribution is -2.67. The van der Waals surface area contributed by atoms with Crippen molar-refractivity contribution in [2.75, 3.05) is 18.2 Å². The van der Waals surface area contributed by atoms with Gasteiger partial charge < -0.3 is 18.9 Å². The van der Waals surface area contributed by atoms with Gasteiger partial charge in [-0.3, -0.25) is 0 Å². The highest BCUT2D eigenvalue weighted by atomic mass is 32.2. The zero-order valence-electron chi connectivity index (χ0n) is 26.9. The molecular formula is C32H42F4O10S. The SMILES string of the molecule is C[C@@H]1CC[C@H]2C(CS(=O)(=O)CC3=C(C(F)(F)F)O[C@@H]4O[C@]5(C)CCC6[C@H](C)CC[C@@H]3[C@]64OO5)=C(CF)O[C@@H]3O[C@]4(C)CCC1[C@]32OO4. The van der Waals surface area contributed by atoms with Gasteiger partial charge in [0.1, 0.15) is 12.4 Å². The molecule has 8 fully saturated rings. The van der Waals surface area contributed by atoms with Gasteiger partial charge in [-0.15, -0.1) is 0 Å². The number of rotatable bonds is 5. The Balaban J connectivity index is 1.18. The van der Waals surface area contributed by atoms with Gasteiger partial charge in [0.15, 0.2) is 21.0 Å². The van der Waals surface area contributed by atoms with E-state index in [1.807, 2.05) is 6.92 Å². The van der Waals surface area contributed by atoms with Crippen LogP contribution in [0.25, 0.3) is 0 Å². The maximum absolute atomic E-state index is 14.8. The largest absolute Gasteiger partial charge is 0.463 e. The fourth-order valence-corrected chi connectivity index (χ4v) is 12.0. The fraction of sp³-hybridized carbons (Fsp3) is 0.875.